The molecule has 0 saturated carbocycles. The minimum Gasteiger partial charge on any atom is -0.494 e. The number of likely N-dealkylation sites (N-methyl/N-ethyl adjacent to an activating group) is 1. The van der Waals surface area contributed by atoms with Gasteiger partial charge < -0.3 is 15.2 Å². The van der Waals surface area contributed by atoms with E-state index in [9.17, 15) is 5.11 Å². The highest BCUT2D eigenvalue weighted by atomic mass is 16.5. The van der Waals surface area contributed by atoms with Gasteiger partial charge in [-0.15, -0.1) is 0 Å². The van der Waals surface area contributed by atoms with Gasteiger partial charge in [0, 0.05) is 12.0 Å². The molecule has 4 nitrogen and oxygen atoms in total. The third-order valence-electron chi connectivity index (χ3n) is 6.60. The zero-order chi connectivity index (χ0) is 19.6. The Morgan fingerprint density at radius 1 is 1.11 bits per heavy atom. The molecule has 1 saturated heterocycles. The summed E-state index contributed by atoms with van der Waals surface area (Å²) in [5.41, 5.74) is 3.81. The number of hydrogen-bond acceptors (Lipinski definition) is 4. The molecule has 2 N–H and O–H groups in total. The highest BCUT2D eigenvalue weighted by Crippen LogP contribution is 2.51. The molecule has 1 aliphatic carbocycles. The zero-order valence-electron chi connectivity index (χ0n) is 17.0. The molecule has 1 fully saturated rings. The maximum atomic E-state index is 11.4. The van der Waals surface area contributed by atoms with Crippen LogP contribution in [-0.4, -0.2) is 49.4 Å². The van der Waals surface area contributed by atoms with E-state index in [1.165, 1.54) is 16.7 Å². The Morgan fingerprint density at radius 3 is 2.57 bits per heavy atom. The molecule has 2 aliphatic rings. The number of hydrogen-bond donors (Lipinski definition) is 2. The van der Waals surface area contributed by atoms with E-state index >= 15 is 0 Å². The van der Waals surface area contributed by atoms with Crippen LogP contribution < -0.4 is 10.1 Å². The first kappa shape index (κ1) is 19.4. The van der Waals surface area contributed by atoms with Gasteiger partial charge in [0.15, 0.2) is 0 Å². The number of benzene rings is 2. The Bertz CT molecular complexity index is 783. The number of nitrogens with zero attached hydrogens (tertiary/aromatic N) is 1. The number of nitrogens with one attached hydrogen (secondary N) is 1. The molecule has 0 unspecified atom stereocenters. The summed E-state index contributed by atoms with van der Waals surface area (Å²) in [5.74, 6) is 0.924. The van der Waals surface area contributed by atoms with Crippen molar-refractivity contribution in [3.8, 4) is 5.75 Å². The van der Waals surface area contributed by atoms with Gasteiger partial charge in [0.05, 0.1) is 18.8 Å². The Kier molecular flexibility index (Phi) is 5.72. The molecule has 4 heteroatoms. The summed E-state index contributed by atoms with van der Waals surface area (Å²) in [6.07, 6.45) is 2.60. The summed E-state index contributed by atoms with van der Waals surface area (Å²) in [6.45, 7) is 5.63. The second-order valence-corrected chi connectivity index (χ2v) is 8.38. The van der Waals surface area contributed by atoms with Crippen molar-refractivity contribution in [2.45, 2.75) is 43.7 Å². The summed E-state index contributed by atoms with van der Waals surface area (Å²) >= 11 is 0. The Morgan fingerprint density at radius 2 is 1.82 bits per heavy atom. The van der Waals surface area contributed by atoms with Crippen molar-refractivity contribution in [3.05, 3.63) is 65.2 Å². The fourth-order valence-corrected chi connectivity index (χ4v) is 5.03. The van der Waals surface area contributed by atoms with E-state index < -0.39 is 0 Å². The standard InChI is InChI=1S/C24H32N2O2/c1-18-8-10-19(11-9-18)28-17-5-16-26(2)22-20-6-3-4-7-21(20)24(23(22)27)12-14-25-15-13-24/h3-4,6-11,22-23,25,27H,5,12-17H2,1-2H3/t22-,23+/m0/s1. The van der Waals surface area contributed by atoms with Gasteiger partial charge in [-0.05, 0) is 69.6 Å². The van der Waals surface area contributed by atoms with Crippen LogP contribution in [-0.2, 0) is 5.41 Å². The fraction of sp³-hybridized carbons (Fsp3) is 0.500. The maximum absolute atomic E-state index is 11.4. The Labute approximate surface area is 168 Å². The predicted octanol–water partition coefficient (Wildman–Crippen LogP) is 3.43. The van der Waals surface area contributed by atoms with E-state index in [-0.39, 0.29) is 17.6 Å². The first-order valence-electron chi connectivity index (χ1n) is 10.5. The van der Waals surface area contributed by atoms with Crippen molar-refractivity contribution in [1.82, 2.24) is 10.2 Å². The van der Waals surface area contributed by atoms with Crippen LogP contribution in [0.2, 0.25) is 0 Å². The Hall–Kier alpha value is -1.88. The zero-order valence-corrected chi connectivity index (χ0v) is 17.0. The number of aliphatic hydroxyl groups is 1. The molecule has 2 atom stereocenters. The number of aryl methyl sites for hydroxylation is 1. The van der Waals surface area contributed by atoms with Gasteiger partial charge in [0.1, 0.15) is 5.75 Å². The molecule has 1 spiro atoms. The van der Waals surface area contributed by atoms with Gasteiger partial charge >= 0.3 is 0 Å². The number of fused-ring (bicyclic) bond motifs is 2. The summed E-state index contributed by atoms with van der Waals surface area (Å²) in [7, 11) is 2.14. The number of piperidine rings is 1. The van der Waals surface area contributed by atoms with Crippen molar-refractivity contribution in [3.63, 3.8) is 0 Å². The van der Waals surface area contributed by atoms with E-state index in [0.29, 0.717) is 6.61 Å². The van der Waals surface area contributed by atoms with Gasteiger partial charge in [-0.25, -0.2) is 0 Å². The molecular weight excluding hydrogens is 348 g/mol. The molecule has 2 aromatic carbocycles. The predicted molar refractivity (Wildman–Crippen MR) is 113 cm³/mol. The lowest BCUT2D eigenvalue weighted by molar-refractivity contribution is 0.00550. The lowest BCUT2D eigenvalue weighted by Crippen LogP contribution is -2.48. The first-order valence-corrected chi connectivity index (χ1v) is 10.5. The Balaban J connectivity index is 1.41. The highest BCUT2D eigenvalue weighted by molar-refractivity contribution is 5.45. The molecule has 150 valence electrons. The number of rotatable bonds is 6. The molecule has 0 bridgehead atoms. The van der Waals surface area contributed by atoms with Crippen molar-refractivity contribution in [2.24, 2.45) is 0 Å². The van der Waals surface area contributed by atoms with Gasteiger partial charge in [-0.2, -0.15) is 0 Å². The average Bonchev–Trinajstić information content (AvgIpc) is 2.95. The van der Waals surface area contributed by atoms with E-state index in [4.69, 9.17) is 4.74 Å². The van der Waals surface area contributed by atoms with Gasteiger partial charge in [-0.1, -0.05) is 42.0 Å². The van der Waals surface area contributed by atoms with Crippen LogP contribution in [0.15, 0.2) is 48.5 Å². The second-order valence-electron chi connectivity index (χ2n) is 8.38. The lowest BCUT2D eigenvalue weighted by Gasteiger charge is -2.40. The quantitative estimate of drug-likeness (QED) is 0.754. The monoisotopic (exact) mass is 380 g/mol. The first-order chi connectivity index (χ1) is 13.6. The van der Waals surface area contributed by atoms with Crippen LogP contribution in [0.5, 0.6) is 5.75 Å². The van der Waals surface area contributed by atoms with Crippen molar-refractivity contribution in [1.29, 1.82) is 0 Å². The second kappa shape index (κ2) is 8.24. The highest BCUT2D eigenvalue weighted by Gasteiger charge is 2.52. The number of ether oxygens (including phenoxy) is 1. The van der Waals surface area contributed by atoms with Gasteiger partial charge in [0.2, 0.25) is 0 Å². The summed E-state index contributed by atoms with van der Waals surface area (Å²) in [4.78, 5) is 2.32. The summed E-state index contributed by atoms with van der Waals surface area (Å²) in [6, 6.07) is 16.9. The topological polar surface area (TPSA) is 44.7 Å². The number of aliphatic hydroxyl groups excluding tert-OH is 1. The van der Waals surface area contributed by atoms with Crippen LogP contribution in [0.1, 0.15) is 42.0 Å². The minimum atomic E-state index is -0.352. The lowest BCUT2D eigenvalue weighted by atomic mass is 9.72. The maximum Gasteiger partial charge on any atom is 0.119 e. The smallest absolute Gasteiger partial charge is 0.119 e. The molecule has 0 radical (unpaired) electrons. The molecule has 0 aromatic heterocycles. The van der Waals surface area contributed by atoms with Crippen LogP contribution in [0.4, 0.5) is 0 Å². The van der Waals surface area contributed by atoms with Gasteiger partial charge in [0.25, 0.3) is 0 Å². The third kappa shape index (κ3) is 3.57. The van der Waals surface area contributed by atoms with E-state index in [1.807, 2.05) is 12.1 Å². The van der Waals surface area contributed by atoms with E-state index in [1.54, 1.807) is 0 Å². The summed E-state index contributed by atoms with van der Waals surface area (Å²) in [5, 5.41) is 14.9. The average molecular weight is 381 g/mol. The van der Waals surface area contributed by atoms with Gasteiger partial charge in [-0.3, -0.25) is 4.90 Å². The normalized spacial score (nSPS) is 23.1. The molecule has 4 rings (SSSR count). The molecule has 0 amide bonds. The molecule has 28 heavy (non-hydrogen) atoms. The van der Waals surface area contributed by atoms with Crippen LogP contribution in [0.3, 0.4) is 0 Å². The van der Waals surface area contributed by atoms with Crippen LogP contribution in [0, 0.1) is 6.92 Å². The molecular formula is C24H32N2O2. The van der Waals surface area contributed by atoms with Crippen molar-refractivity contribution in [2.75, 3.05) is 33.3 Å². The molecule has 2 aromatic rings. The van der Waals surface area contributed by atoms with E-state index in [2.05, 4.69) is 60.6 Å². The van der Waals surface area contributed by atoms with Crippen molar-refractivity contribution >= 4 is 0 Å². The van der Waals surface area contributed by atoms with Crippen LogP contribution in [0.25, 0.3) is 0 Å². The largest absolute Gasteiger partial charge is 0.494 e. The van der Waals surface area contributed by atoms with Crippen molar-refractivity contribution < 1.29 is 9.84 Å². The van der Waals surface area contributed by atoms with Crippen LogP contribution >= 0.6 is 0 Å². The molecule has 1 aliphatic heterocycles. The fourth-order valence-electron chi connectivity index (χ4n) is 5.03. The SMILES string of the molecule is Cc1ccc(OCCCN(C)[C@H]2c3ccccc3C3(CCNCC3)[C@@H]2O)cc1. The summed E-state index contributed by atoms with van der Waals surface area (Å²) < 4.78 is 5.88. The third-order valence-corrected chi connectivity index (χ3v) is 6.60. The minimum absolute atomic E-state index is 0.0636. The van der Waals surface area contributed by atoms with E-state index in [0.717, 1.165) is 44.6 Å². The molecule has 1 heterocycles.